The highest BCUT2D eigenvalue weighted by atomic mass is 32.2. The van der Waals surface area contributed by atoms with Crippen LogP contribution < -0.4 is 10.3 Å². The predicted octanol–water partition coefficient (Wildman–Crippen LogP) is 2.30. The Labute approximate surface area is 158 Å². The molecule has 0 aliphatic carbocycles. The number of hydrogen-bond donors (Lipinski definition) is 1. The van der Waals surface area contributed by atoms with Gasteiger partial charge in [-0.05, 0) is 24.1 Å². The molecule has 6 nitrogen and oxygen atoms in total. The number of sulfone groups is 1. The van der Waals surface area contributed by atoms with Crippen LogP contribution >= 0.6 is 0 Å². The SMILES string of the molecule is O=C(N[C@@H]1CCS(=O)(=O)C1)C1=NN(c2ccccc2)[C@@H](c2ccccc2)C1. The minimum atomic E-state index is -3.04. The zero-order valence-corrected chi connectivity index (χ0v) is 15.6. The Morgan fingerprint density at radius 1 is 1.04 bits per heavy atom. The number of amides is 1. The fraction of sp³-hybridized carbons (Fsp3) is 0.300. The Balaban J connectivity index is 1.57. The van der Waals surface area contributed by atoms with Gasteiger partial charge in [0.1, 0.15) is 5.71 Å². The van der Waals surface area contributed by atoms with Crippen molar-refractivity contribution in [2.24, 2.45) is 5.10 Å². The predicted molar refractivity (Wildman–Crippen MR) is 105 cm³/mol. The van der Waals surface area contributed by atoms with Crippen molar-refractivity contribution >= 4 is 27.1 Å². The number of nitrogens with one attached hydrogen (secondary N) is 1. The summed E-state index contributed by atoms with van der Waals surface area (Å²) < 4.78 is 23.3. The number of para-hydroxylation sites is 1. The maximum atomic E-state index is 12.7. The number of benzene rings is 2. The molecule has 2 aromatic rings. The third-order valence-electron chi connectivity index (χ3n) is 4.95. The van der Waals surface area contributed by atoms with Gasteiger partial charge >= 0.3 is 0 Å². The molecule has 1 fully saturated rings. The van der Waals surface area contributed by atoms with Crippen molar-refractivity contribution in [3.63, 3.8) is 0 Å². The Hall–Kier alpha value is -2.67. The maximum Gasteiger partial charge on any atom is 0.267 e. The fourth-order valence-electron chi connectivity index (χ4n) is 3.58. The first kappa shape index (κ1) is 17.7. The van der Waals surface area contributed by atoms with E-state index in [9.17, 15) is 13.2 Å². The van der Waals surface area contributed by atoms with E-state index in [0.29, 0.717) is 18.6 Å². The van der Waals surface area contributed by atoms with Gasteiger partial charge in [0, 0.05) is 12.5 Å². The van der Waals surface area contributed by atoms with Crippen LogP contribution in [-0.4, -0.2) is 37.6 Å². The summed E-state index contributed by atoms with van der Waals surface area (Å²) in [4.78, 5) is 12.7. The molecular formula is C20H21N3O3S. The standard InChI is InChI=1S/C20H21N3O3S/c24-20(21-16-11-12-27(25,26)14-16)18-13-19(15-7-3-1-4-8-15)23(22-18)17-9-5-2-6-10-17/h1-10,16,19H,11-14H2,(H,21,24)/t16-,19-/m1/s1. The molecule has 2 atom stereocenters. The van der Waals surface area contributed by atoms with E-state index < -0.39 is 9.84 Å². The Morgan fingerprint density at radius 3 is 2.33 bits per heavy atom. The fourth-order valence-corrected chi connectivity index (χ4v) is 5.25. The van der Waals surface area contributed by atoms with Gasteiger partial charge in [-0.3, -0.25) is 9.80 Å². The van der Waals surface area contributed by atoms with Crippen molar-refractivity contribution in [3.05, 3.63) is 66.2 Å². The first-order valence-corrected chi connectivity index (χ1v) is 10.8. The van der Waals surface area contributed by atoms with Crippen molar-refractivity contribution in [3.8, 4) is 0 Å². The lowest BCUT2D eigenvalue weighted by atomic mass is 10.0. The minimum absolute atomic E-state index is 0.0104. The lowest BCUT2D eigenvalue weighted by Gasteiger charge is -2.23. The van der Waals surface area contributed by atoms with Crippen LogP contribution in [0.25, 0.3) is 0 Å². The Bertz CT molecular complexity index is 958. The molecular weight excluding hydrogens is 362 g/mol. The third-order valence-corrected chi connectivity index (χ3v) is 6.71. The van der Waals surface area contributed by atoms with E-state index in [4.69, 9.17) is 0 Å². The molecule has 2 heterocycles. The number of anilines is 1. The Morgan fingerprint density at radius 2 is 1.70 bits per heavy atom. The summed E-state index contributed by atoms with van der Waals surface area (Å²) in [6, 6.07) is 19.3. The van der Waals surface area contributed by atoms with Crippen molar-refractivity contribution in [1.82, 2.24) is 5.32 Å². The van der Waals surface area contributed by atoms with E-state index >= 15 is 0 Å². The summed E-state index contributed by atoms with van der Waals surface area (Å²) in [6.07, 6.45) is 0.941. The quantitative estimate of drug-likeness (QED) is 0.879. The first-order valence-electron chi connectivity index (χ1n) is 9.00. The largest absolute Gasteiger partial charge is 0.347 e. The number of hydrogen-bond acceptors (Lipinski definition) is 5. The summed E-state index contributed by atoms with van der Waals surface area (Å²) in [7, 11) is -3.04. The first-order chi connectivity index (χ1) is 13.0. The second-order valence-corrected chi connectivity index (χ2v) is 9.16. The average molecular weight is 383 g/mol. The summed E-state index contributed by atoms with van der Waals surface area (Å²) >= 11 is 0. The van der Waals surface area contributed by atoms with E-state index in [1.807, 2.05) is 65.7 Å². The van der Waals surface area contributed by atoms with Crippen LogP contribution in [0.5, 0.6) is 0 Å². The number of hydrazone groups is 1. The molecule has 2 aliphatic rings. The molecule has 1 saturated heterocycles. The third kappa shape index (κ3) is 3.88. The molecule has 1 amide bonds. The average Bonchev–Trinajstić information content (AvgIpc) is 3.27. The molecule has 0 bridgehead atoms. The van der Waals surface area contributed by atoms with Gasteiger partial charge in [-0.25, -0.2) is 8.42 Å². The molecule has 0 unspecified atom stereocenters. The van der Waals surface area contributed by atoms with Crippen LogP contribution in [0.15, 0.2) is 65.8 Å². The van der Waals surface area contributed by atoms with Gasteiger partial charge in [-0.15, -0.1) is 0 Å². The molecule has 7 heteroatoms. The highest BCUT2D eigenvalue weighted by molar-refractivity contribution is 7.91. The lowest BCUT2D eigenvalue weighted by Crippen LogP contribution is -2.39. The second kappa shape index (κ2) is 7.15. The normalized spacial score (nSPS) is 23.9. The van der Waals surface area contributed by atoms with Gasteiger partial charge in [0.2, 0.25) is 0 Å². The summed E-state index contributed by atoms with van der Waals surface area (Å²) in [5.41, 5.74) is 2.42. The van der Waals surface area contributed by atoms with Gasteiger partial charge in [0.25, 0.3) is 5.91 Å². The molecule has 4 rings (SSSR count). The molecule has 2 aliphatic heterocycles. The van der Waals surface area contributed by atoms with E-state index in [-0.39, 0.29) is 29.5 Å². The Kier molecular flexibility index (Phi) is 4.70. The van der Waals surface area contributed by atoms with Crippen LogP contribution in [0, 0.1) is 0 Å². The molecule has 2 aromatic carbocycles. The number of carbonyl (C=O) groups excluding carboxylic acids is 1. The monoisotopic (exact) mass is 383 g/mol. The van der Waals surface area contributed by atoms with Crippen molar-refractivity contribution in [2.45, 2.75) is 24.9 Å². The molecule has 0 spiro atoms. The smallest absolute Gasteiger partial charge is 0.267 e. The van der Waals surface area contributed by atoms with Crippen molar-refractivity contribution in [2.75, 3.05) is 16.5 Å². The van der Waals surface area contributed by atoms with Gasteiger partial charge in [-0.2, -0.15) is 5.10 Å². The summed E-state index contributed by atoms with van der Waals surface area (Å²) in [5, 5.41) is 9.30. The van der Waals surface area contributed by atoms with E-state index in [0.717, 1.165) is 11.3 Å². The van der Waals surface area contributed by atoms with Crippen LogP contribution in [0.2, 0.25) is 0 Å². The minimum Gasteiger partial charge on any atom is -0.347 e. The van der Waals surface area contributed by atoms with Crippen LogP contribution in [0.1, 0.15) is 24.4 Å². The van der Waals surface area contributed by atoms with E-state index in [1.165, 1.54) is 0 Å². The molecule has 0 radical (unpaired) electrons. The van der Waals surface area contributed by atoms with Crippen LogP contribution in [-0.2, 0) is 14.6 Å². The zero-order chi connectivity index (χ0) is 18.9. The highest BCUT2D eigenvalue weighted by Gasteiger charge is 2.35. The zero-order valence-electron chi connectivity index (χ0n) is 14.8. The molecule has 27 heavy (non-hydrogen) atoms. The van der Waals surface area contributed by atoms with Gasteiger partial charge in [0.15, 0.2) is 9.84 Å². The summed E-state index contributed by atoms with van der Waals surface area (Å²) in [6.45, 7) is 0. The van der Waals surface area contributed by atoms with Crippen LogP contribution in [0.3, 0.4) is 0 Å². The number of carbonyl (C=O) groups is 1. The summed E-state index contributed by atoms with van der Waals surface area (Å²) in [5.74, 6) is -0.138. The highest BCUT2D eigenvalue weighted by Crippen LogP contribution is 2.35. The molecule has 0 saturated carbocycles. The van der Waals surface area contributed by atoms with Gasteiger partial charge in [-0.1, -0.05) is 48.5 Å². The van der Waals surface area contributed by atoms with E-state index in [2.05, 4.69) is 10.4 Å². The molecule has 1 N–H and O–H groups in total. The van der Waals surface area contributed by atoms with E-state index in [1.54, 1.807) is 0 Å². The van der Waals surface area contributed by atoms with Gasteiger partial charge in [0.05, 0.1) is 23.2 Å². The maximum absolute atomic E-state index is 12.7. The number of nitrogens with zero attached hydrogens (tertiary/aromatic N) is 2. The lowest BCUT2D eigenvalue weighted by molar-refractivity contribution is -0.115. The van der Waals surface area contributed by atoms with Crippen molar-refractivity contribution < 1.29 is 13.2 Å². The van der Waals surface area contributed by atoms with Crippen LogP contribution in [0.4, 0.5) is 5.69 Å². The topological polar surface area (TPSA) is 78.8 Å². The number of rotatable bonds is 4. The molecule has 0 aromatic heterocycles. The second-order valence-electron chi connectivity index (χ2n) is 6.93. The van der Waals surface area contributed by atoms with Gasteiger partial charge < -0.3 is 5.32 Å². The van der Waals surface area contributed by atoms with Crippen molar-refractivity contribution in [1.29, 1.82) is 0 Å². The molecule has 140 valence electrons.